The molecule has 0 aliphatic heterocycles. The maximum Gasteiger partial charge on any atom is 0.121 e. The van der Waals surface area contributed by atoms with Gasteiger partial charge in [0.2, 0.25) is 0 Å². The van der Waals surface area contributed by atoms with Crippen molar-refractivity contribution in [3.63, 3.8) is 0 Å². The van der Waals surface area contributed by atoms with E-state index in [0.717, 1.165) is 5.69 Å². The van der Waals surface area contributed by atoms with Gasteiger partial charge in [0.25, 0.3) is 0 Å². The Labute approximate surface area is 87.4 Å². The smallest absolute Gasteiger partial charge is 0.121 e. The van der Waals surface area contributed by atoms with Gasteiger partial charge in [0, 0.05) is 0 Å². The van der Waals surface area contributed by atoms with Crippen LogP contribution in [0.25, 0.3) is 5.69 Å². The van der Waals surface area contributed by atoms with Crippen LogP contribution in [-0.2, 0) is 4.84 Å². The summed E-state index contributed by atoms with van der Waals surface area (Å²) in [7, 11) is 0. The maximum atomic E-state index is 5.07. The molecule has 1 aromatic heterocycles. The van der Waals surface area contributed by atoms with Gasteiger partial charge in [0.15, 0.2) is 0 Å². The van der Waals surface area contributed by atoms with Crippen LogP contribution in [0.15, 0.2) is 36.5 Å². The molecule has 1 atom stereocenters. The molecule has 1 aromatic carbocycles. The molecule has 78 valence electrons. The number of nitrogens with zero attached hydrogens (tertiary/aromatic N) is 3. The number of rotatable bonds is 3. The van der Waals surface area contributed by atoms with E-state index >= 15 is 0 Å². The van der Waals surface area contributed by atoms with Crippen LogP contribution in [-0.4, -0.2) is 15.0 Å². The highest BCUT2D eigenvalue weighted by molar-refractivity contribution is 5.30. The third-order valence-corrected chi connectivity index (χ3v) is 2.15. The fraction of sp³-hybridized carbons (Fsp3) is 0.200. The van der Waals surface area contributed by atoms with Crippen LogP contribution in [0.4, 0.5) is 0 Å². The first-order valence-corrected chi connectivity index (χ1v) is 4.64. The molecule has 0 bridgehead atoms. The van der Waals surface area contributed by atoms with Crippen LogP contribution >= 0.6 is 0 Å². The summed E-state index contributed by atoms with van der Waals surface area (Å²) in [4.78, 5) is 4.67. The van der Waals surface area contributed by atoms with E-state index in [1.807, 2.05) is 37.3 Å². The summed E-state index contributed by atoms with van der Waals surface area (Å²) in [5, 5.41) is 7.96. The van der Waals surface area contributed by atoms with Gasteiger partial charge >= 0.3 is 0 Å². The van der Waals surface area contributed by atoms with Crippen LogP contribution in [0.5, 0.6) is 0 Å². The van der Waals surface area contributed by atoms with Crippen LogP contribution < -0.4 is 5.90 Å². The van der Waals surface area contributed by atoms with Crippen molar-refractivity contribution >= 4 is 0 Å². The average molecular weight is 204 g/mol. The Hall–Kier alpha value is -1.72. The van der Waals surface area contributed by atoms with Gasteiger partial charge in [-0.2, -0.15) is 0 Å². The second-order valence-electron chi connectivity index (χ2n) is 3.20. The molecule has 2 N–H and O–H groups in total. The molecule has 0 saturated carbocycles. The van der Waals surface area contributed by atoms with Crippen molar-refractivity contribution in [2.75, 3.05) is 0 Å². The van der Waals surface area contributed by atoms with Gasteiger partial charge in [0.1, 0.15) is 11.8 Å². The van der Waals surface area contributed by atoms with Crippen LogP contribution in [0, 0.1) is 0 Å². The molecule has 0 aliphatic rings. The molecule has 0 amide bonds. The van der Waals surface area contributed by atoms with E-state index in [1.54, 1.807) is 10.9 Å². The highest BCUT2D eigenvalue weighted by atomic mass is 16.6. The van der Waals surface area contributed by atoms with Gasteiger partial charge in [-0.1, -0.05) is 23.4 Å². The van der Waals surface area contributed by atoms with Crippen molar-refractivity contribution in [1.29, 1.82) is 0 Å². The van der Waals surface area contributed by atoms with Crippen LogP contribution in [0.3, 0.4) is 0 Å². The lowest BCUT2D eigenvalue weighted by molar-refractivity contribution is 0.0633. The minimum Gasteiger partial charge on any atom is -0.295 e. The highest BCUT2D eigenvalue weighted by Gasteiger charge is 2.09. The van der Waals surface area contributed by atoms with Crippen molar-refractivity contribution in [1.82, 2.24) is 15.0 Å². The zero-order valence-electron chi connectivity index (χ0n) is 8.37. The molecule has 0 spiro atoms. The second kappa shape index (κ2) is 4.20. The fourth-order valence-electron chi connectivity index (χ4n) is 1.24. The number of hydrogen-bond donors (Lipinski definition) is 1. The number of benzene rings is 1. The lowest BCUT2D eigenvalue weighted by Gasteiger charge is -2.02. The van der Waals surface area contributed by atoms with Gasteiger partial charge in [-0.15, -0.1) is 5.10 Å². The summed E-state index contributed by atoms with van der Waals surface area (Å²) in [6.07, 6.45) is 1.55. The van der Waals surface area contributed by atoms with Gasteiger partial charge in [-0.3, -0.25) is 4.84 Å². The zero-order chi connectivity index (χ0) is 10.7. The molecule has 5 heteroatoms. The number of nitrogens with two attached hydrogens (primary N) is 1. The monoisotopic (exact) mass is 204 g/mol. The van der Waals surface area contributed by atoms with E-state index in [2.05, 4.69) is 15.1 Å². The number of para-hydroxylation sites is 1. The zero-order valence-corrected chi connectivity index (χ0v) is 8.37. The minimum absolute atomic E-state index is 0.248. The Kier molecular flexibility index (Phi) is 2.75. The van der Waals surface area contributed by atoms with Gasteiger partial charge in [-0.25, -0.2) is 10.6 Å². The van der Waals surface area contributed by atoms with Gasteiger partial charge in [0.05, 0.1) is 11.9 Å². The topological polar surface area (TPSA) is 66.0 Å². The van der Waals surface area contributed by atoms with E-state index in [9.17, 15) is 0 Å². The lowest BCUT2D eigenvalue weighted by atomic mass is 10.3. The fourth-order valence-corrected chi connectivity index (χ4v) is 1.24. The van der Waals surface area contributed by atoms with E-state index in [4.69, 9.17) is 5.90 Å². The predicted molar refractivity (Wildman–Crippen MR) is 55.0 cm³/mol. The minimum atomic E-state index is -0.248. The van der Waals surface area contributed by atoms with Gasteiger partial charge in [-0.05, 0) is 19.1 Å². The van der Waals surface area contributed by atoms with Crippen molar-refractivity contribution in [3.8, 4) is 5.69 Å². The summed E-state index contributed by atoms with van der Waals surface area (Å²) in [6.45, 7) is 1.82. The lowest BCUT2D eigenvalue weighted by Crippen LogP contribution is -2.05. The van der Waals surface area contributed by atoms with E-state index in [1.165, 1.54) is 0 Å². The summed E-state index contributed by atoms with van der Waals surface area (Å²) in [5.41, 5.74) is 1.67. The molecule has 1 heterocycles. The second-order valence-corrected chi connectivity index (χ2v) is 3.20. The Morgan fingerprint density at radius 3 is 2.73 bits per heavy atom. The first-order chi connectivity index (χ1) is 7.31. The van der Waals surface area contributed by atoms with Gasteiger partial charge < -0.3 is 0 Å². The molecule has 1 unspecified atom stereocenters. The summed E-state index contributed by atoms with van der Waals surface area (Å²) in [5.74, 6) is 5.07. The quantitative estimate of drug-likeness (QED) is 0.763. The normalized spacial score (nSPS) is 12.7. The molecule has 0 aliphatic carbocycles. The van der Waals surface area contributed by atoms with Crippen molar-refractivity contribution in [2.45, 2.75) is 13.0 Å². The number of hydrogen-bond acceptors (Lipinski definition) is 4. The SMILES string of the molecule is CC(ON)c1cn(-c2ccccc2)nn1. The summed E-state index contributed by atoms with van der Waals surface area (Å²) < 4.78 is 1.69. The van der Waals surface area contributed by atoms with Crippen LogP contribution in [0.1, 0.15) is 18.7 Å². The maximum absolute atomic E-state index is 5.07. The third-order valence-electron chi connectivity index (χ3n) is 2.15. The van der Waals surface area contributed by atoms with Crippen molar-refractivity contribution < 1.29 is 4.84 Å². The predicted octanol–water partition coefficient (Wildman–Crippen LogP) is 1.22. The first kappa shape index (κ1) is 9.82. The van der Waals surface area contributed by atoms with E-state index < -0.39 is 0 Å². The molecule has 2 aromatic rings. The molecule has 0 radical (unpaired) electrons. The largest absolute Gasteiger partial charge is 0.295 e. The summed E-state index contributed by atoms with van der Waals surface area (Å²) in [6, 6.07) is 9.74. The molecule has 5 nitrogen and oxygen atoms in total. The molecule has 2 rings (SSSR count). The molecular weight excluding hydrogens is 192 g/mol. The molecule has 15 heavy (non-hydrogen) atoms. The Balaban J connectivity index is 2.28. The highest BCUT2D eigenvalue weighted by Crippen LogP contribution is 2.12. The van der Waals surface area contributed by atoms with E-state index in [0.29, 0.717) is 5.69 Å². The molecular formula is C10H12N4O. The Morgan fingerprint density at radius 1 is 1.33 bits per heavy atom. The standard InChI is InChI=1S/C10H12N4O/c1-8(15-11)10-7-14(13-12-10)9-5-3-2-4-6-9/h2-8H,11H2,1H3. The number of aromatic nitrogens is 3. The molecule has 0 fully saturated rings. The van der Waals surface area contributed by atoms with Crippen LogP contribution in [0.2, 0.25) is 0 Å². The summed E-state index contributed by atoms with van der Waals surface area (Å²) >= 11 is 0. The Bertz CT molecular complexity index is 426. The third kappa shape index (κ3) is 2.03. The van der Waals surface area contributed by atoms with Crippen molar-refractivity contribution in [2.24, 2.45) is 5.90 Å². The average Bonchev–Trinajstić information content (AvgIpc) is 2.78. The molecule has 0 saturated heterocycles. The Morgan fingerprint density at radius 2 is 2.07 bits per heavy atom. The first-order valence-electron chi connectivity index (χ1n) is 4.64. The van der Waals surface area contributed by atoms with Crippen molar-refractivity contribution in [3.05, 3.63) is 42.2 Å². The van der Waals surface area contributed by atoms with E-state index in [-0.39, 0.29) is 6.10 Å².